The summed E-state index contributed by atoms with van der Waals surface area (Å²) in [6, 6.07) is 58.8. The van der Waals surface area contributed by atoms with Crippen molar-refractivity contribution >= 4 is 34.2 Å². The topological polar surface area (TPSA) is 74.6 Å². The van der Waals surface area contributed by atoms with E-state index in [2.05, 4.69) is 0 Å². The Bertz CT molecular complexity index is 2010. The van der Waals surface area contributed by atoms with E-state index < -0.39 is 29.2 Å². The van der Waals surface area contributed by atoms with Crippen molar-refractivity contribution in [1.82, 2.24) is 0 Å². The Morgan fingerprint density at radius 1 is 0.392 bits per heavy atom. The summed E-state index contributed by atoms with van der Waals surface area (Å²) in [5.41, 5.74) is 6.51. The SMILES string of the molecule is O=C(O)C(Cc1ccccc1)C1(C(Cc2ccccc2)C(=O)O)C(c2ccccc2)=C(c2ccccc2)C(c2ccccc2)=C1c1ccccc1. The number of hydrogen-bond acceptors (Lipinski definition) is 2. The van der Waals surface area contributed by atoms with Crippen molar-refractivity contribution in [3.8, 4) is 0 Å². The summed E-state index contributed by atoms with van der Waals surface area (Å²) < 4.78 is 0. The van der Waals surface area contributed by atoms with Gasteiger partial charge in [0, 0.05) is 5.41 Å². The molecule has 0 heterocycles. The summed E-state index contributed by atoms with van der Waals surface area (Å²) in [4.78, 5) is 28.6. The Hall–Kier alpha value is -6.26. The molecule has 1 aliphatic rings. The van der Waals surface area contributed by atoms with Crippen LogP contribution in [0.2, 0.25) is 0 Å². The van der Waals surface area contributed by atoms with Crippen molar-refractivity contribution in [2.24, 2.45) is 17.3 Å². The lowest BCUT2D eigenvalue weighted by Crippen LogP contribution is -2.48. The summed E-state index contributed by atoms with van der Waals surface area (Å²) in [7, 11) is 0. The fourth-order valence-corrected chi connectivity index (χ4v) is 8.08. The van der Waals surface area contributed by atoms with Crippen LogP contribution in [0.5, 0.6) is 0 Å². The zero-order chi connectivity index (χ0) is 35.2. The molecule has 2 atom stereocenters. The van der Waals surface area contributed by atoms with Crippen LogP contribution in [0.15, 0.2) is 182 Å². The van der Waals surface area contributed by atoms with Gasteiger partial charge < -0.3 is 10.2 Å². The monoisotopic (exact) mass is 666 g/mol. The number of carbonyl (C=O) groups is 2. The fourth-order valence-electron chi connectivity index (χ4n) is 8.08. The molecular formula is C47H38O4. The maximum Gasteiger partial charge on any atom is 0.308 e. The van der Waals surface area contributed by atoms with E-state index in [-0.39, 0.29) is 12.8 Å². The van der Waals surface area contributed by atoms with Crippen LogP contribution in [0.4, 0.5) is 0 Å². The van der Waals surface area contributed by atoms with E-state index in [9.17, 15) is 19.8 Å². The molecule has 1 aliphatic carbocycles. The molecule has 4 heteroatoms. The number of carboxylic acids is 2. The molecule has 0 spiro atoms. The molecular weight excluding hydrogens is 629 g/mol. The highest BCUT2D eigenvalue weighted by atomic mass is 16.4. The third-order valence-corrected chi connectivity index (χ3v) is 10.1. The molecule has 4 nitrogen and oxygen atoms in total. The first-order chi connectivity index (χ1) is 25.0. The zero-order valence-corrected chi connectivity index (χ0v) is 28.1. The summed E-state index contributed by atoms with van der Waals surface area (Å²) in [6.07, 6.45) is 0.233. The molecule has 250 valence electrons. The minimum absolute atomic E-state index is 0.117. The van der Waals surface area contributed by atoms with E-state index in [1.54, 1.807) is 0 Å². The van der Waals surface area contributed by atoms with Crippen molar-refractivity contribution < 1.29 is 19.8 Å². The Morgan fingerprint density at radius 3 is 0.922 bits per heavy atom. The Balaban J connectivity index is 1.74. The summed E-state index contributed by atoms with van der Waals surface area (Å²) in [5, 5.41) is 23.3. The summed E-state index contributed by atoms with van der Waals surface area (Å²) in [5.74, 6) is -4.48. The van der Waals surface area contributed by atoms with Crippen molar-refractivity contribution in [2.75, 3.05) is 0 Å². The van der Waals surface area contributed by atoms with E-state index in [0.717, 1.165) is 44.5 Å². The van der Waals surface area contributed by atoms with Crippen LogP contribution in [0.1, 0.15) is 33.4 Å². The van der Waals surface area contributed by atoms with Gasteiger partial charge in [-0.1, -0.05) is 182 Å². The standard InChI is InChI=1S/C47H38O4/c48-45(49)39(31-33-19-7-1-8-20-33)47(40(46(50)51)32-34-21-9-2-10-22-34)43(37-27-15-5-16-28-37)41(35-23-11-3-12-24-35)42(36-25-13-4-14-26-36)44(47)38-29-17-6-18-30-38/h1-30,39-40H,31-32H2,(H,48,49)(H,50,51). The van der Waals surface area contributed by atoms with Gasteiger partial charge in [0.05, 0.1) is 11.8 Å². The molecule has 2 unspecified atom stereocenters. The third-order valence-electron chi connectivity index (χ3n) is 10.1. The largest absolute Gasteiger partial charge is 0.481 e. The number of benzene rings is 6. The minimum Gasteiger partial charge on any atom is -0.481 e. The van der Waals surface area contributed by atoms with Gasteiger partial charge >= 0.3 is 11.9 Å². The second-order valence-corrected chi connectivity index (χ2v) is 13.0. The highest BCUT2D eigenvalue weighted by Gasteiger charge is 2.61. The van der Waals surface area contributed by atoms with E-state index in [1.807, 2.05) is 182 Å². The lowest BCUT2D eigenvalue weighted by Gasteiger charge is -2.45. The highest BCUT2D eigenvalue weighted by molar-refractivity contribution is 6.31. The van der Waals surface area contributed by atoms with Gasteiger partial charge in [0.1, 0.15) is 0 Å². The number of carboxylic acid groups (broad SMARTS) is 2. The van der Waals surface area contributed by atoms with Gasteiger partial charge in [-0.15, -0.1) is 0 Å². The van der Waals surface area contributed by atoms with Crippen molar-refractivity contribution in [3.05, 3.63) is 215 Å². The van der Waals surface area contributed by atoms with Gasteiger partial charge in [-0.25, -0.2) is 0 Å². The van der Waals surface area contributed by atoms with Crippen LogP contribution in [0.25, 0.3) is 22.3 Å². The molecule has 2 N–H and O–H groups in total. The summed E-state index contributed by atoms with van der Waals surface area (Å²) >= 11 is 0. The van der Waals surface area contributed by atoms with Crippen LogP contribution in [-0.4, -0.2) is 22.2 Å². The Morgan fingerprint density at radius 2 is 0.647 bits per heavy atom. The number of hydrogen-bond donors (Lipinski definition) is 2. The zero-order valence-electron chi connectivity index (χ0n) is 28.1. The van der Waals surface area contributed by atoms with E-state index >= 15 is 0 Å². The molecule has 0 radical (unpaired) electrons. The fraction of sp³-hybridized carbons (Fsp3) is 0.106. The Kier molecular flexibility index (Phi) is 9.58. The molecule has 6 aromatic rings. The van der Waals surface area contributed by atoms with Crippen molar-refractivity contribution in [1.29, 1.82) is 0 Å². The van der Waals surface area contributed by atoms with Crippen LogP contribution < -0.4 is 0 Å². The van der Waals surface area contributed by atoms with Gasteiger partial charge in [0.25, 0.3) is 0 Å². The van der Waals surface area contributed by atoms with Crippen LogP contribution in [0.3, 0.4) is 0 Å². The molecule has 0 saturated heterocycles. The lowest BCUT2D eigenvalue weighted by molar-refractivity contribution is -0.150. The number of rotatable bonds is 12. The minimum atomic E-state index is -1.57. The lowest BCUT2D eigenvalue weighted by atomic mass is 9.54. The molecule has 7 rings (SSSR count). The average molecular weight is 667 g/mol. The van der Waals surface area contributed by atoms with Crippen molar-refractivity contribution in [2.45, 2.75) is 12.8 Å². The molecule has 0 fully saturated rings. The van der Waals surface area contributed by atoms with Gasteiger partial charge in [-0.3, -0.25) is 9.59 Å². The smallest absolute Gasteiger partial charge is 0.308 e. The molecule has 0 bridgehead atoms. The van der Waals surface area contributed by atoms with E-state index in [1.165, 1.54) is 0 Å². The van der Waals surface area contributed by atoms with Crippen LogP contribution >= 0.6 is 0 Å². The Labute approximate surface area is 298 Å². The molecule has 0 aliphatic heterocycles. The maximum atomic E-state index is 14.3. The van der Waals surface area contributed by atoms with Crippen LogP contribution in [-0.2, 0) is 22.4 Å². The quantitative estimate of drug-likeness (QED) is 0.136. The first-order valence-corrected chi connectivity index (χ1v) is 17.2. The molecule has 51 heavy (non-hydrogen) atoms. The van der Waals surface area contributed by atoms with E-state index in [4.69, 9.17) is 0 Å². The third kappa shape index (κ3) is 6.33. The number of allylic oxidation sites excluding steroid dienone is 4. The van der Waals surface area contributed by atoms with Gasteiger partial charge in [0.15, 0.2) is 0 Å². The first-order valence-electron chi connectivity index (χ1n) is 17.2. The number of aliphatic carboxylic acids is 2. The van der Waals surface area contributed by atoms with Gasteiger partial charge in [-0.2, -0.15) is 0 Å². The van der Waals surface area contributed by atoms with E-state index in [0.29, 0.717) is 11.1 Å². The maximum absolute atomic E-state index is 14.3. The first kappa shape index (κ1) is 33.2. The predicted octanol–water partition coefficient (Wildman–Crippen LogP) is 10.1. The molecule has 0 saturated carbocycles. The second kappa shape index (κ2) is 14.7. The normalized spacial score (nSPS) is 15.0. The predicted molar refractivity (Wildman–Crippen MR) is 204 cm³/mol. The highest BCUT2D eigenvalue weighted by Crippen LogP contribution is 2.68. The summed E-state index contributed by atoms with van der Waals surface area (Å²) in [6.45, 7) is 0. The second-order valence-electron chi connectivity index (χ2n) is 13.0. The molecule has 6 aromatic carbocycles. The van der Waals surface area contributed by atoms with Crippen LogP contribution in [0, 0.1) is 17.3 Å². The molecule has 0 aromatic heterocycles. The van der Waals surface area contributed by atoms with Gasteiger partial charge in [-0.05, 0) is 68.5 Å². The molecule has 0 amide bonds. The van der Waals surface area contributed by atoms with Crippen molar-refractivity contribution in [3.63, 3.8) is 0 Å². The van der Waals surface area contributed by atoms with Gasteiger partial charge in [0.2, 0.25) is 0 Å². The average Bonchev–Trinajstić information content (AvgIpc) is 3.50.